The van der Waals surface area contributed by atoms with Crippen LogP contribution in [0.4, 0.5) is 0 Å². The van der Waals surface area contributed by atoms with Crippen molar-refractivity contribution < 1.29 is 18.8 Å². The molecule has 35 heavy (non-hydrogen) atoms. The molecule has 4 nitrogen and oxygen atoms in total. The van der Waals surface area contributed by atoms with Crippen LogP contribution in [-0.2, 0) is 9.30 Å². The van der Waals surface area contributed by atoms with Crippen molar-refractivity contribution in [1.29, 1.82) is 0 Å². The number of benzene rings is 3. The second kappa shape index (κ2) is 12.5. The fraction of sp³-hybridized carbons (Fsp3) is 0.100. The van der Waals surface area contributed by atoms with Crippen LogP contribution in [0.5, 0.6) is 0 Å². The molecule has 3 aromatic carbocycles. The number of halogens is 10. The monoisotopic (exact) mass is 1090 g/mol. The summed E-state index contributed by atoms with van der Waals surface area (Å²) < 4.78 is 11.7. The molecule has 1 atom stereocenters. The second-order valence-corrected chi connectivity index (χ2v) is 16.3. The highest BCUT2D eigenvalue weighted by Gasteiger charge is 2.51. The zero-order valence-corrected chi connectivity index (χ0v) is 32.6. The fourth-order valence-corrected chi connectivity index (χ4v) is 9.41. The van der Waals surface area contributed by atoms with Crippen molar-refractivity contribution in [2.24, 2.45) is 0 Å². The predicted octanol–water partition coefficient (Wildman–Crippen LogP) is 10.2. The Morgan fingerprint density at radius 1 is 0.600 bits per heavy atom. The van der Waals surface area contributed by atoms with Crippen molar-refractivity contribution in [2.75, 3.05) is 0 Å². The summed E-state index contributed by atoms with van der Waals surface area (Å²) in [7, 11) is -5.12. The lowest BCUT2D eigenvalue weighted by atomic mass is 9.82. The van der Waals surface area contributed by atoms with Gasteiger partial charge in [-0.3, -0.25) is 0 Å². The Morgan fingerprint density at radius 2 is 0.971 bits per heavy atom. The van der Waals surface area contributed by atoms with Gasteiger partial charge in [-0.15, -0.1) is 11.6 Å². The molecular formula is C20H10Br9ClO4Si. The maximum absolute atomic E-state index is 10.1. The zero-order valence-electron chi connectivity index (χ0n) is 16.6. The molecule has 3 aromatic rings. The molecule has 0 saturated heterocycles. The van der Waals surface area contributed by atoms with E-state index >= 15 is 0 Å². The largest absolute Gasteiger partial charge is 0.671 e. The number of hydrogen-bond donors (Lipinski definition) is 3. The maximum Gasteiger partial charge on any atom is 0.671 e. The molecule has 0 heterocycles. The van der Waals surface area contributed by atoms with Gasteiger partial charge in [-0.1, -0.05) is 18.2 Å². The molecule has 0 spiro atoms. The van der Waals surface area contributed by atoms with E-state index < -0.39 is 20.0 Å². The van der Waals surface area contributed by atoms with E-state index in [2.05, 4.69) is 143 Å². The second-order valence-electron chi connectivity index (χ2n) is 6.99. The van der Waals surface area contributed by atoms with Gasteiger partial charge in [0.05, 0.1) is 0 Å². The molecule has 188 valence electrons. The standard InChI is InChI=1S/C20H10Br9ClO4Si/c21-10-4-1-7(13(24)16(10)27)19(34-35(31,32)33)20(30,8-2-5-11(22)17(28)14(8)25)9-3-6-12(23)18(29)15(9)26/h1-6,19,31-33H. The van der Waals surface area contributed by atoms with Crippen LogP contribution in [0.2, 0.25) is 0 Å². The number of alkyl halides is 1. The summed E-state index contributed by atoms with van der Waals surface area (Å²) in [5.41, 5.74) is 1.50. The SMILES string of the molecule is O[Si](O)(O)OC(c1ccc(Br)c(Br)c1Br)C(Cl)(c1ccc(Br)c(Br)c1Br)c1ccc(Br)c(Br)c1Br. The Balaban J connectivity index is 2.51. The average molecular weight is 1100 g/mol. The van der Waals surface area contributed by atoms with Crippen LogP contribution in [-0.4, -0.2) is 23.4 Å². The fourth-order valence-electron chi connectivity index (χ4n) is 3.30. The summed E-state index contributed by atoms with van der Waals surface area (Å²) >= 11 is 39.5. The van der Waals surface area contributed by atoms with Gasteiger partial charge in [-0.2, -0.15) is 0 Å². The zero-order chi connectivity index (χ0) is 26.5. The third kappa shape index (κ3) is 6.63. The average Bonchev–Trinajstić information content (AvgIpc) is 2.77. The summed E-state index contributed by atoms with van der Waals surface area (Å²) in [6, 6.07) is 10.6. The lowest BCUT2D eigenvalue weighted by Crippen LogP contribution is -2.45. The van der Waals surface area contributed by atoms with Gasteiger partial charge in [0, 0.05) is 40.3 Å². The molecule has 0 aromatic heterocycles. The first-order valence-corrected chi connectivity index (χ1v) is 18.3. The van der Waals surface area contributed by atoms with E-state index in [0.29, 0.717) is 43.5 Å². The van der Waals surface area contributed by atoms with Crippen LogP contribution >= 0.6 is 155 Å². The number of rotatable bonds is 6. The van der Waals surface area contributed by atoms with Crippen molar-refractivity contribution in [3.05, 3.63) is 93.3 Å². The topological polar surface area (TPSA) is 69.9 Å². The lowest BCUT2D eigenvalue weighted by Gasteiger charge is -2.39. The molecule has 0 aliphatic carbocycles. The normalized spacial score (nSPS) is 13.3. The van der Waals surface area contributed by atoms with E-state index in [4.69, 9.17) is 16.0 Å². The van der Waals surface area contributed by atoms with Crippen LogP contribution in [0.1, 0.15) is 22.8 Å². The van der Waals surface area contributed by atoms with Gasteiger partial charge in [0.2, 0.25) is 0 Å². The summed E-state index contributed by atoms with van der Waals surface area (Å²) in [6.07, 6.45) is -1.30. The lowest BCUT2D eigenvalue weighted by molar-refractivity contribution is 0.00841. The third-order valence-electron chi connectivity index (χ3n) is 4.84. The van der Waals surface area contributed by atoms with Gasteiger partial charge in [0.1, 0.15) is 11.0 Å². The summed E-state index contributed by atoms with van der Waals surface area (Å²) in [6.45, 7) is 0. The third-order valence-corrected chi connectivity index (χ3v) is 16.1. The minimum Gasteiger partial charge on any atom is -0.368 e. The molecule has 0 amide bonds. The molecule has 0 aliphatic heterocycles. The van der Waals surface area contributed by atoms with Gasteiger partial charge < -0.3 is 18.8 Å². The van der Waals surface area contributed by atoms with Gasteiger partial charge in [0.15, 0.2) is 0 Å². The van der Waals surface area contributed by atoms with Crippen molar-refractivity contribution in [3.63, 3.8) is 0 Å². The molecule has 3 rings (SSSR count). The van der Waals surface area contributed by atoms with Crippen molar-refractivity contribution in [1.82, 2.24) is 0 Å². The Kier molecular flexibility index (Phi) is 11.3. The molecular weight excluding hydrogens is 1090 g/mol. The first kappa shape index (κ1) is 31.8. The number of hydrogen-bond acceptors (Lipinski definition) is 4. The van der Waals surface area contributed by atoms with Crippen molar-refractivity contribution >= 4 is 164 Å². The van der Waals surface area contributed by atoms with Crippen LogP contribution in [0.15, 0.2) is 76.7 Å². The highest BCUT2D eigenvalue weighted by atomic mass is 79.9. The Morgan fingerprint density at radius 3 is 1.37 bits per heavy atom. The van der Waals surface area contributed by atoms with Crippen molar-refractivity contribution in [3.8, 4) is 0 Å². The van der Waals surface area contributed by atoms with Gasteiger partial charge in [-0.05, 0) is 178 Å². The highest BCUT2D eigenvalue weighted by Crippen LogP contribution is 2.57. The smallest absolute Gasteiger partial charge is 0.368 e. The molecule has 0 bridgehead atoms. The van der Waals surface area contributed by atoms with E-state index in [1.54, 1.807) is 36.4 Å². The molecule has 0 aliphatic rings. The molecule has 15 heteroatoms. The summed E-state index contributed by atoms with van der Waals surface area (Å²) in [5, 5.41) is 0. The van der Waals surface area contributed by atoms with E-state index in [0.717, 1.165) is 13.4 Å². The first-order chi connectivity index (χ1) is 16.1. The van der Waals surface area contributed by atoms with Crippen LogP contribution < -0.4 is 0 Å². The summed E-state index contributed by atoms with van der Waals surface area (Å²) in [4.78, 5) is 28.8. The highest BCUT2D eigenvalue weighted by molar-refractivity contribution is 9.15. The predicted molar refractivity (Wildman–Crippen MR) is 171 cm³/mol. The molecule has 0 fully saturated rings. The quantitative estimate of drug-likeness (QED) is 0.131. The maximum atomic E-state index is 10.1. The van der Waals surface area contributed by atoms with Gasteiger partial charge >= 0.3 is 9.05 Å². The van der Waals surface area contributed by atoms with E-state index in [9.17, 15) is 14.4 Å². The Labute approximate surface area is 283 Å². The van der Waals surface area contributed by atoms with Gasteiger partial charge in [0.25, 0.3) is 0 Å². The van der Waals surface area contributed by atoms with E-state index in [1.165, 1.54) is 0 Å². The van der Waals surface area contributed by atoms with E-state index in [1.807, 2.05) is 0 Å². The molecule has 0 saturated carbocycles. The minimum atomic E-state index is -5.12. The molecule has 1 unspecified atom stereocenters. The Hall–Kier alpha value is 2.33. The van der Waals surface area contributed by atoms with E-state index in [-0.39, 0.29) is 0 Å². The van der Waals surface area contributed by atoms with Crippen molar-refractivity contribution in [2.45, 2.75) is 11.0 Å². The molecule has 3 N–H and O–H groups in total. The van der Waals surface area contributed by atoms with Crippen LogP contribution in [0.25, 0.3) is 0 Å². The van der Waals surface area contributed by atoms with Crippen LogP contribution in [0.3, 0.4) is 0 Å². The molecule has 0 radical (unpaired) electrons. The van der Waals surface area contributed by atoms with Gasteiger partial charge in [-0.25, -0.2) is 0 Å². The minimum absolute atomic E-state index is 0.445. The Bertz CT molecular complexity index is 1250. The van der Waals surface area contributed by atoms with Crippen LogP contribution in [0, 0.1) is 0 Å². The summed E-state index contributed by atoms with van der Waals surface area (Å²) in [5.74, 6) is 0. The first-order valence-electron chi connectivity index (χ1n) is 9.06.